The van der Waals surface area contributed by atoms with E-state index in [1.807, 2.05) is 24.3 Å². The quantitative estimate of drug-likeness (QED) is 0.602. The zero-order valence-corrected chi connectivity index (χ0v) is 14.8. The van der Waals surface area contributed by atoms with Crippen LogP contribution >= 0.6 is 11.6 Å². The first kappa shape index (κ1) is 18.0. The van der Waals surface area contributed by atoms with Crippen molar-refractivity contribution in [3.05, 3.63) is 64.7 Å². The second-order valence-corrected chi connectivity index (χ2v) is 6.37. The highest BCUT2D eigenvalue weighted by molar-refractivity contribution is 6.30. The van der Waals surface area contributed by atoms with E-state index in [-0.39, 0.29) is 5.91 Å². The van der Waals surface area contributed by atoms with Gasteiger partial charge in [-0.2, -0.15) is 5.10 Å². The third-order valence-corrected chi connectivity index (χ3v) is 3.83. The minimum atomic E-state index is -0.427. The molecule has 0 aliphatic carbocycles. The maximum atomic E-state index is 12.0. The van der Waals surface area contributed by atoms with E-state index in [9.17, 15) is 4.79 Å². The maximum Gasteiger partial charge on any atom is 0.262 e. The first-order valence-electron chi connectivity index (χ1n) is 7.90. The third kappa shape index (κ3) is 5.39. The third-order valence-electron chi connectivity index (χ3n) is 3.59. The maximum absolute atomic E-state index is 12.0. The van der Waals surface area contributed by atoms with Gasteiger partial charge in [-0.15, -0.1) is 0 Å². The van der Waals surface area contributed by atoms with Crippen molar-refractivity contribution in [3.63, 3.8) is 0 Å². The number of hydrogen-bond donors (Lipinski definition) is 2. The fraction of sp³-hybridized carbons (Fsp3) is 0.263. The van der Waals surface area contributed by atoms with Gasteiger partial charge in [-0.25, -0.2) is 5.43 Å². The summed E-state index contributed by atoms with van der Waals surface area (Å²) in [5.74, 6) is 0.277. The lowest BCUT2D eigenvalue weighted by molar-refractivity contribution is -0.121. The van der Waals surface area contributed by atoms with Crippen LogP contribution in [0, 0.1) is 0 Å². The summed E-state index contributed by atoms with van der Waals surface area (Å²) >= 11 is 5.93. The van der Waals surface area contributed by atoms with Gasteiger partial charge in [0.2, 0.25) is 0 Å². The van der Waals surface area contributed by atoms with Gasteiger partial charge in [0, 0.05) is 10.7 Å². The van der Waals surface area contributed by atoms with Gasteiger partial charge in [0.1, 0.15) is 6.04 Å². The molecule has 0 heterocycles. The van der Waals surface area contributed by atoms with Crippen molar-refractivity contribution in [2.75, 3.05) is 5.32 Å². The molecule has 0 fully saturated rings. The second kappa shape index (κ2) is 8.50. The molecule has 0 aromatic heterocycles. The van der Waals surface area contributed by atoms with Crippen molar-refractivity contribution in [2.24, 2.45) is 5.10 Å². The number of halogens is 1. The van der Waals surface area contributed by atoms with Gasteiger partial charge >= 0.3 is 0 Å². The second-order valence-electron chi connectivity index (χ2n) is 5.93. The molecule has 0 spiro atoms. The predicted octanol–water partition coefficient (Wildman–Crippen LogP) is 4.41. The Hall–Kier alpha value is -2.33. The van der Waals surface area contributed by atoms with Crippen LogP contribution in [0.25, 0.3) is 0 Å². The summed E-state index contributed by atoms with van der Waals surface area (Å²) in [5.41, 5.74) is 5.54. The normalized spacial score (nSPS) is 12.4. The fourth-order valence-electron chi connectivity index (χ4n) is 2.13. The standard InChI is InChI=1S/C19H22ClN3O/c1-13(2)16-9-7-15(8-10-16)12-21-23-19(24)14(3)22-18-6-4-5-17(20)11-18/h4-14,22H,1-3H3,(H,23,24)/b21-12-/t14-/m0/s1. The number of amides is 1. The topological polar surface area (TPSA) is 53.5 Å². The summed E-state index contributed by atoms with van der Waals surface area (Å²) in [7, 11) is 0. The number of anilines is 1. The lowest BCUT2D eigenvalue weighted by Crippen LogP contribution is -2.34. The molecule has 2 aromatic rings. The summed E-state index contributed by atoms with van der Waals surface area (Å²) < 4.78 is 0. The molecule has 0 aliphatic rings. The summed E-state index contributed by atoms with van der Waals surface area (Å²) in [4.78, 5) is 12.0. The Labute approximate surface area is 147 Å². The van der Waals surface area contributed by atoms with Gasteiger partial charge in [0.05, 0.1) is 6.21 Å². The van der Waals surface area contributed by atoms with E-state index in [1.54, 1.807) is 25.3 Å². The van der Waals surface area contributed by atoms with Crippen LogP contribution in [0.2, 0.25) is 5.02 Å². The molecule has 4 nitrogen and oxygen atoms in total. The van der Waals surface area contributed by atoms with Gasteiger partial charge in [-0.1, -0.05) is 55.8 Å². The van der Waals surface area contributed by atoms with Gasteiger partial charge in [0.25, 0.3) is 5.91 Å². The first-order chi connectivity index (χ1) is 11.5. The molecule has 5 heteroatoms. The molecule has 2 N–H and O–H groups in total. The molecule has 0 saturated heterocycles. The number of benzene rings is 2. The van der Waals surface area contributed by atoms with Crippen LogP contribution in [0.1, 0.15) is 37.8 Å². The van der Waals surface area contributed by atoms with Crippen LogP contribution in [0.4, 0.5) is 5.69 Å². The van der Waals surface area contributed by atoms with E-state index in [0.29, 0.717) is 10.9 Å². The molecule has 2 aromatic carbocycles. The van der Waals surface area contributed by atoms with Crippen molar-refractivity contribution in [1.29, 1.82) is 0 Å². The van der Waals surface area contributed by atoms with Crippen molar-refractivity contribution in [1.82, 2.24) is 5.43 Å². The van der Waals surface area contributed by atoms with Crippen molar-refractivity contribution in [2.45, 2.75) is 32.7 Å². The number of rotatable bonds is 6. The lowest BCUT2D eigenvalue weighted by Gasteiger charge is -2.13. The van der Waals surface area contributed by atoms with E-state index in [0.717, 1.165) is 11.3 Å². The van der Waals surface area contributed by atoms with Crippen molar-refractivity contribution in [3.8, 4) is 0 Å². The Bertz CT molecular complexity index is 711. The highest BCUT2D eigenvalue weighted by Gasteiger charge is 2.11. The Morgan fingerprint density at radius 3 is 2.46 bits per heavy atom. The molecule has 0 aliphatic heterocycles. The smallest absolute Gasteiger partial charge is 0.262 e. The van der Waals surface area contributed by atoms with Gasteiger partial charge in [-0.3, -0.25) is 4.79 Å². The Morgan fingerprint density at radius 2 is 1.83 bits per heavy atom. The fourth-order valence-corrected chi connectivity index (χ4v) is 2.32. The van der Waals surface area contributed by atoms with Gasteiger partial charge < -0.3 is 5.32 Å². The van der Waals surface area contributed by atoms with E-state index < -0.39 is 6.04 Å². The molecule has 2 rings (SSSR count). The highest BCUT2D eigenvalue weighted by Crippen LogP contribution is 2.16. The van der Waals surface area contributed by atoms with Crippen LogP contribution in [-0.4, -0.2) is 18.2 Å². The number of nitrogens with one attached hydrogen (secondary N) is 2. The number of hydrogen-bond acceptors (Lipinski definition) is 3. The average molecular weight is 344 g/mol. The largest absolute Gasteiger partial charge is 0.374 e. The summed E-state index contributed by atoms with van der Waals surface area (Å²) in [6.45, 7) is 6.07. The Morgan fingerprint density at radius 1 is 1.12 bits per heavy atom. The molecular formula is C19H22ClN3O. The van der Waals surface area contributed by atoms with Gasteiger partial charge in [-0.05, 0) is 42.2 Å². The molecule has 0 bridgehead atoms. The Balaban J connectivity index is 1.87. The number of hydrazone groups is 1. The molecule has 0 saturated carbocycles. The summed E-state index contributed by atoms with van der Waals surface area (Å²) in [5, 5.41) is 7.71. The molecule has 0 unspecified atom stereocenters. The molecule has 24 heavy (non-hydrogen) atoms. The molecular weight excluding hydrogens is 322 g/mol. The van der Waals surface area contributed by atoms with Crippen molar-refractivity contribution >= 4 is 29.4 Å². The zero-order chi connectivity index (χ0) is 17.5. The summed E-state index contributed by atoms with van der Waals surface area (Å²) in [6.07, 6.45) is 1.63. The SMILES string of the molecule is CC(C)c1ccc(/C=N\NC(=O)[C@H](C)Nc2cccc(Cl)c2)cc1. The summed E-state index contributed by atoms with van der Waals surface area (Å²) in [6, 6.07) is 14.9. The zero-order valence-electron chi connectivity index (χ0n) is 14.1. The minimum absolute atomic E-state index is 0.218. The predicted molar refractivity (Wildman–Crippen MR) is 101 cm³/mol. The van der Waals surface area contributed by atoms with E-state index in [1.165, 1.54) is 5.56 Å². The van der Waals surface area contributed by atoms with E-state index >= 15 is 0 Å². The highest BCUT2D eigenvalue weighted by atomic mass is 35.5. The monoisotopic (exact) mass is 343 g/mol. The van der Waals surface area contributed by atoms with Crippen LogP contribution in [-0.2, 0) is 4.79 Å². The molecule has 0 radical (unpaired) electrons. The van der Waals surface area contributed by atoms with Gasteiger partial charge in [0.15, 0.2) is 0 Å². The lowest BCUT2D eigenvalue weighted by atomic mass is 10.0. The first-order valence-corrected chi connectivity index (χ1v) is 8.28. The molecule has 126 valence electrons. The number of carbonyl (C=O) groups excluding carboxylic acids is 1. The van der Waals surface area contributed by atoms with E-state index in [4.69, 9.17) is 11.6 Å². The Kier molecular flexibility index (Phi) is 6.38. The molecule has 1 atom stereocenters. The number of carbonyl (C=O) groups is 1. The minimum Gasteiger partial charge on any atom is -0.374 e. The van der Waals surface area contributed by atoms with E-state index in [2.05, 4.69) is 41.8 Å². The number of nitrogens with zero attached hydrogens (tertiary/aromatic N) is 1. The van der Waals surface area contributed by atoms with Crippen LogP contribution < -0.4 is 10.7 Å². The van der Waals surface area contributed by atoms with Crippen LogP contribution in [0.3, 0.4) is 0 Å². The van der Waals surface area contributed by atoms with Crippen LogP contribution in [0.15, 0.2) is 53.6 Å². The van der Waals surface area contributed by atoms with Crippen LogP contribution in [0.5, 0.6) is 0 Å². The van der Waals surface area contributed by atoms with Crippen molar-refractivity contribution < 1.29 is 4.79 Å². The average Bonchev–Trinajstić information content (AvgIpc) is 2.55. The molecule has 1 amide bonds.